The van der Waals surface area contributed by atoms with Crippen LogP contribution in [0.2, 0.25) is 0 Å². The van der Waals surface area contributed by atoms with Gasteiger partial charge in [-0.3, -0.25) is 9.80 Å². The first-order valence-electron chi connectivity index (χ1n) is 9.94. The van der Waals surface area contributed by atoms with E-state index >= 15 is 0 Å². The van der Waals surface area contributed by atoms with E-state index in [1.54, 1.807) is 12.1 Å². The molecule has 0 spiro atoms. The summed E-state index contributed by atoms with van der Waals surface area (Å²) in [6.45, 7) is 7.66. The summed E-state index contributed by atoms with van der Waals surface area (Å²) in [4.78, 5) is 4.89. The molecule has 1 aliphatic rings. The Morgan fingerprint density at radius 2 is 1.50 bits per heavy atom. The Morgan fingerprint density at radius 3 is 2.21 bits per heavy atom. The van der Waals surface area contributed by atoms with Crippen LogP contribution in [0.1, 0.15) is 34.0 Å². The third-order valence-electron chi connectivity index (χ3n) is 5.54. The second kappa shape index (κ2) is 8.26. The Kier molecular flexibility index (Phi) is 5.56. The van der Waals surface area contributed by atoms with Gasteiger partial charge in [-0.1, -0.05) is 77.9 Å². The summed E-state index contributed by atoms with van der Waals surface area (Å²) in [6.07, 6.45) is 0.154. The van der Waals surface area contributed by atoms with E-state index in [1.165, 1.54) is 22.3 Å². The maximum absolute atomic E-state index is 14.3. The minimum atomic E-state index is -0.123. The maximum atomic E-state index is 14.3. The van der Waals surface area contributed by atoms with Crippen LogP contribution in [0, 0.1) is 19.7 Å². The minimum Gasteiger partial charge on any atom is -0.279 e. The molecule has 0 bridgehead atoms. The molecule has 0 aromatic heterocycles. The van der Waals surface area contributed by atoms with Gasteiger partial charge < -0.3 is 0 Å². The van der Waals surface area contributed by atoms with Crippen LogP contribution in [0.3, 0.4) is 0 Å². The van der Waals surface area contributed by atoms with Gasteiger partial charge in [-0.25, -0.2) is 4.39 Å². The smallest absolute Gasteiger partial charge is 0.127 e. The number of hydrogen-bond donors (Lipinski definition) is 0. The second-order valence-corrected chi connectivity index (χ2v) is 7.81. The number of rotatable bonds is 5. The molecule has 0 N–H and O–H groups in total. The molecule has 1 aliphatic heterocycles. The lowest BCUT2D eigenvalue weighted by molar-refractivity contribution is 0.124. The monoisotopic (exact) mass is 374 g/mol. The van der Waals surface area contributed by atoms with Crippen molar-refractivity contribution in [2.45, 2.75) is 33.1 Å². The van der Waals surface area contributed by atoms with Gasteiger partial charge in [-0.15, -0.1) is 0 Å². The first-order chi connectivity index (χ1) is 13.6. The molecule has 1 atom stereocenters. The fraction of sp³-hybridized carbons (Fsp3) is 0.280. The molecule has 3 heteroatoms. The van der Waals surface area contributed by atoms with Crippen LogP contribution in [0.25, 0.3) is 0 Å². The van der Waals surface area contributed by atoms with E-state index in [0.717, 1.165) is 25.2 Å². The summed E-state index contributed by atoms with van der Waals surface area (Å²) in [5.74, 6) is -0.123. The molecule has 0 unspecified atom stereocenters. The van der Waals surface area contributed by atoms with Crippen LogP contribution in [0.5, 0.6) is 0 Å². The zero-order chi connectivity index (χ0) is 19.5. The normalized spacial score (nSPS) is 17.9. The molecule has 2 nitrogen and oxygen atoms in total. The van der Waals surface area contributed by atoms with Crippen molar-refractivity contribution in [1.82, 2.24) is 9.80 Å². The van der Waals surface area contributed by atoms with E-state index in [-0.39, 0.29) is 12.0 Å². The minimum absolute atomic E-state index is 0.123. The van der Waals surface area contributed by atoms with Gasteiger partial charge in [0.2, 0.25) is 0 Å². The number of aryl methyl sites for hydroxylation is 2. The molecular formula is C25H27FN2. The standard InChI is InChI=1S/C25H27FN2/c1-19-10-12-21(13-11-19)17-27-14-15-28(18-23-7-3-4-9-24(23)26)25(27)22-8-5-6-20(2)16-22/h3-13,16,25H,14-15,17-18H2,1-2H3/t25-/m1/s1. The summed E-state index contributed by atoms with van der Waals surface area (Å²) in [7, 11) is 0. The summed E-state index contributed by atoms with van der Waals surface area (Å²) in [6, 6.07) is 24.6. The molecule has 0 amide bonds. The van der Waals surface area contributed by atoms with Crippen molar-refractivity contribution in [3.8, 4) is 0 Å². The summed E-state index contributed by atoms with van der Waals surface area (Å²) in [5.41, 5.74) is 5.89. The molecule has 28 heavy (non-hydrogen) atoms. The van der Waals surface area contributed by atoms with Gasteiger partial charge in [0.05, 0.1) is 6.17 Å². The van der Waals surface area contributed by atoms with Crippen LogP contribution in [0.15, 0.2) is 72.8 Å². The van der Waals surface area contributed by atoms with E-state index in [4.69, 9.17) is 0 Å². The molecule has 3 aromatic rings. The molecule has 0 aliphatic carbocycles. The molecule has 144 valence electrons. The summed E-state index contributed by atoms with van der Waals surface area (Å²) < 4.78 is 14.3. The highest BCUT2D eigenvalue weighted by molar-refractivity contribution is 5.27. The number of nitrogens with zero attached hydrogens (tertiary/aromatic N) is 2. The van der Waals surface area contributed by atoms with Gasteiger partial charge >= 0.3 is 0 Å². The third-order valence-corrected chi connectivity index (χ3v) is 5.54. The molecule has 0 saturated carbocycles. The highest BCUT2D eigenvalue weighted by Crippen LogP contribution is 2.33. The maximum Gasteiger partial charge on any atom is 0.127 e. The van der Waals surface area contributed by atoms with Crippen molar-refractivity contribution in [2.24, 2.45) is 0 Å². The Balaban J connectivity index is 1.62. The van der Waals surface area contributed by atoms with Crippen LogP contribution in [-0.4, -0.2) is 22.9 Å². The topological polar surface area (TPSA) is 6.48 Å². The molecule has 4 rings (SSSR count). The van der Waals surface area contributed by atoms with Crippen molar-refractivity contribution < 1.29 is 4.39 Å². The zero-order valence-corrected chi connectivity index (χ0v) is 16.6. The molecule has 3 aromatic carbocycles. The predicted molar refractivity (Wildman–Crippen MR) is 112 cm³/mol. The second-order valence-electron chi connectivity index (χ2n) is 7.81. The lowest BCUT2D eigenvalue weighted by atomic mass is 10.1. The van der Waals surface area contributed by atoms with E-state index in [2.05, 4.69) is 72.2 Å². The fourth-order valence-electron chi connectivity index (χ4n) is 4.09. The molecular weight excluding hydrogens is 347 g/mol. The Hall–Kier alpha value is -2.49. The lowest BCUT2D eigenvalue weighted by Crippen LogP contribution is -2.30. The Morgan fingerprint density at radius 1 is 0.786 bits per heavy atom. The van der Waals surface area contributed by atoms with Crippen molar-refractivity contribution in [3.63, 3.8) is 0 Å². The lowest BCUT2D eigenvalue weighted by Gasteiger charge is -2.31. The highest BCUT2D eigenvalue weighted by atomic mass is 19.1. The first kappa shape index (κ1) is 18.9. The SMILES string of the molecule is Cc1ccc(CN2CCN(Cc3ccccc3F)[C@@H]2c2cccc(C)c2)cc1. The van der Waals surface area contributed by atoms with Gasteiger partial charge in [0.25, 0.3) is 0 Å². The van der Waals surface area contributed by atoms with Crippen molar-refractivity contribution in [2.75, 3.05) is 13.1 Å². The third kappa shape index (κ3) is 4.16. The fourth-order valence-corrected chi connectivity index (χ4v) is 4.09. The summed E-state index contributed by atoms with van der Waals surface area (Å²) in [5, 5.41) is 0. The largest absolute Gasteiger partial charge is 0.279 e. The average Bonchev–Trinajstić information content (AvgIpc) is 3.07. The van der Waals surface area contributed by atoms with Gasteiger partial charge in [-0.05, 0) is 31.0 Å². The Bertz CT molecular complexity index is 935. The van der Waals surface area contributed by atoms with E-state index < -0.39 is 0 Å². The Labute approximate surface area is 167 Å². The zero-order valence-electron chi connectivity index (χ0n) is 16.6. The summed E-state index contributed by atoms with van der Waals surface area (Å²) >= 11 is 0. The molecule has 1 heterocycles. The van der Waals surface area contributed by atoms with Gasteiger partial charge in [0.1, 0.15) is 5.82 Å². The van der Waals surface area contributed by atoms with Gasteiger partial charge in [-0.2, -0.15) is 0 Å². The predicted octanol–water partition coefficient (Wildman–Crippen LogP) is 5.46. The van der Waals surface area contributed by atoms with Crippen molar-refractivity contribution >= 4 is 0 Å². The van der Waals surface area contributed by atoms with Crippen molar-refractivity contribution in [1.29, 1.82) is 0 Å². The van der Waals surface area contributed by atoms with Crippen LogP contribution in [-0.2, 0) is 13.1 Å². The molecule has 1 fully saturated rings. The van der Waals surface area contributed by atoms with Crippen LogP contribution < -0.4 is 0 Å². The molecule has 0 radical (unpaired) electrons. The van der Waals surface area contributed by atoms with Gasteiger partial charge in [0, 0.05) is 31.7 Å². The van der Waals surface area contributed by atoms with Gasteiger partial charge in [0.15, 0.2) is 0 Å². The molecule has 1 saturated heterocycles. The van der Waals surface area contributed by atoms with E-state index in [0.29, 0.717) is 6.54 Å². The highest BCUT2D eigenvalue weighted by Gasteiger charge is 2.33. The average molecular weight is 375 g/mol. The number of benzene rings is 3. The van der Waals surface area contributed by atoms with Crippen molar-refractivity contribution in [3.05, 3.63) is 106 Å². The van der Waals surface area contributed by atoms with E-state index in [9.17, 15) is 4.39 Å². The van der Waals surface area contributed by atoms with E-state index in [1.807, 2.05) is 12.1 Å². The van der Waals surface area contributed by atoms with Crippen LogP contribution >= 0.6 is 0 Å². The number of hydrogen-bond acceptors (Lipinski definition) is 2. The first-order valence-corrected chi connectivity index (χ1v) is 9.94. The number of halogens is 1. The van der Waals surface area contributed by atoms with Crippen LogP contribution in [0.4, 0.5) is 4.39 Å². The quantitative estimate of drug-likeness (QED) is 0.585.